The summed E-state index contributed by atoms with van der Waals surface area (Å²) < 4.78 is 5.33. The van der Waals surface area contributed by atoms with E-state index in [9.17, 15) is 9.59 Å². The Labute approximate surface area is 183 Å². The lowest BCUT2D eigenvalue weighted by Gasteiger charge is -2.22. The molecule has 2 fully saturated rings. The summed E-state index contributed by atoms with van der Waals surface area (Å²) >= 11 is 0. The van der Waals surface area contributed by atoms with Crippen LogP contribution >= 0.6 is 0 Å². The van der Waals surface area contributed by atoms with Crippen LogP contribution in [0.4, 0.5) is 0 Å². The Kier molecular flexibility index (Phi) is 6.12. The van der Waals surface area contributed by atoms with Crippen LogP contribution in [-0.4, -0.2) is 38.9 Å². The average Bonchev–Trinajstić information content (AvgIpc) is 3.66. The number of nitrogens with one attached hydrogen (secondary N) is 1. The smallest absolute Gasteiger partial charge is 0.251 e. The SMILES string of the molecule is CC(C)(C)c1noc(CCCC(=O)N(Cc2ccc(C(=O)NC3CC3)cc2)C2CC2)n1. The molecule has 2 aliphatic carbocycles. The number of aryl methyl sites for hydroxylation is 1. The van der Waals surface area contributed by atoms with Crippen LogP contribution in [0, 0.1) is 0 Å². The van der Waals surface area contributed by atoms with Gasteiger partial charge in [-0.15, -0.1) is 0 Å². The predicted octanol–water partition coefficient (Wildman–Crippen LogP) is 3.77. The minimum Gasteiger partial charge on any atom is -0.349 e. The fourth-order valence-corrected chi connectivity index (χ4v) is 3.46. The number of nitrogens with zero attached hydrogens (tertiary/aromatic N) is 3. The second-order valence-electron chi connectivity index (χ2n) is 9.81. The van der Waals surface area contributed by atoms with Crippen LogP contribution in [0.1, 0.15) is 86.9 Å². The summed E-state index contributed by atoms with van der Waals surface area (Å²) in [5, 5.41) is 7.05. The number of carbonyl (C=O) groups is 2. The maximum absolute atomic E-state index is 12.9. The van der Waals surface area contributed by atoms with Crippen LogP contribution in [0.25, 0.3) is 0 Å². The lowest BCUT2D eigenvalue weighted by molar-refractivity contribution is -0.132. The molecule has 2 amide bonds. The zero-order valence-electron chi connectivity index (χ0n) is 18.7. The summed E-state index contributed by atoms with van der Waals surface area (Å²) in [6.07, 6.45) is 6.04. The number of rotatable bonds is 9. The third-order valence-electron chi connectivity index (χ3n) is 5.71. The standard InChI is InChI=1S/C24H32N4O3/c1-24(2,3)23-26-20(31-27-23)5-4-6-21(29)28(19-13-14-19)15-16-7-9-17(10-8-16)22(30)25-18-11-12-18/h7-10,18-19H,4-6,11-15H2,1-3H3,(H,25,30). The molecule has 0 unspecified atom stereocenters. The van der Waals surface area contributed by atoms with Crippen molar-refractivity contribution in [3.05, 3.63) is 47.1 Å². The van der Waals surface area contributed by atoms with E-state index < -0.39 is 0 Å². The molecule has 7 nitrogen and oxygen atoms in total. The van der Waals surface area contributed by atoms with Gasteiger partial charge < -0.3 is 14.7 Å². The molecule has 0 aliphatic heterocycles. The molecule has 31 heavy (non-hydrogen) atoms. The van der Waals surface area contributed by atoms with E-state index in [1.807, 2.05) is 49.9 Å². The summed E-state index contributed by atoms with van der Waals surface area (Å²) in [6, 6.07) is 8.30. The van der Waals surface area contributed by atoms with Gasteiger partial charge >= 0.3 is 0 Å². The van der Waals surface area contributed by atoms with E-state index in [0.29, 0.717) is 55.2 Å². The zero-order chi connectivity index (χ0) is 22.0. The van der Waals surface area contributed by atoms with E-state index in [2.05, 4.69) is 15.5 Å². The highest BCUT2D eigenvalue weighted by molar-refractivity contribution is 5.94. The van der Waals surface area contributed by atoms with Crippen LogP contribution < -0.4 is 5.32 Å². The fraction of sp³-hybridized carbons (Fsp3) is 0.583. The molecule has 0 atom stereocenters. The van der Waals surface area contributed by atoms with Gasteiger partial charge in [0.15, 0.2) is 5.82 Å². The van der Waals surface area contributed by atoms with Crippen molar-refractivity contribution in [2.24, 2.45) is 0 Å². The molecular formula is C24H32N4O3. The van der Waals surface area contributed by atoms with Crippen LogP contribution in [0.3, 0.4) is 0 Å². The minimum atomic E-state index is -0.144. The molecule has 1 aromatic heterocycles. The van der Waals surface area contributed by atoms with E-state index in [1.54, 1.807) is 0 Å². The maximum Gasteiger partial charge on any atom is 0.251 e. The molecule has 1 N–H and O–H groups in total. The Morgan fingerprint density at radius 2 is 1.84 bits per heavy atom. The molecule has 0 radical (unpaired) electrons. The quantitative estimate of drug-likeness (QED) is 0.662. The number of amides is 2. The Hall–Kier alpha value is -2.70. The van der Waals surface area contributed by atoms with Gasteiger partial charge in [0.25, 0.3) is 5.91 Å². The maximum atomic E-state index is 12.9. The summed E-state index contributed by atoms with van der Waals surface area (Å²) in [5.41, 5.74) is 1.58. The largest absolute Gasteiger partial charge is 0.349 e. The van der Waals surface area contributed by atoms with Crippen molar-refractivity contribution >= 4 is 11.8 Å². The van der Waals surface area contributed by atoms with Gasteiger partial charge in [-0.1, -0.05) is 38.1 Å². The minimum absolute atomic E-state index is 0.0141. The number of hydrogen-bond donors (Lipinski definition) is 1. The molecule has 0 bridgehead atoms. The van der Waals surface area contributed by atoms with Crippen molar-refractivity contribution in [3.8, 4) is 0 Å². The molecule has 2 aromatic rings. The predicted molar refractivity (Wildman–Crippen MR) is 116 cm³/mol. The highest BCUT2D eigenvalue weighted by Gasteiger charge is 2.32. The lowest BCUT2D eigenvalue weighted by Crippen LogP contribution is -2.32. The monoisotopic (exact) mass is 424 g/mol. The van der Waals surface area contributed by atoms with Gasteiger partial charge in [0.1, 0.15) is 0 Å². The Morgan fingerprint density at radius 3 is 2.42 bits per heavy atom. The topological polar surface area (TPSA) is 88.3 Å². The van der Waals surface area contributed by atoms with E-state index >= 15 is 0 Å². The van der Waals surface area contributed by atoms with Gasteiger partial charge in [0.05, 0.1) is 0 Å². The summed E-state index contributed by atoms with van der Waals surface area (Å²) in [6.45, 7) is 6.73. The number of benzene rings is 1. The molecule has 0 saturated heterocycles. The third kappa shape index (κ3) is 5.93. The molecule has 166 valence electrons. The van der Waals surface area contributed by atoms with Crippen molar-refractivity contribution < 1.29 is 14.1 Å². The molecule has 2 aliphatic rings. The molecular weight excluding hydrogens is 392 g/mol. The van der Waals surface area contributed by atoms with Gasteiger partial charge in [-0.05, 0) is 49.8 Å². The third-order valence-corrected chi connectivity index (χ3v) is 5.71. The normalized spacial score (nSPS) is 16.2. The Balaban J connectivity index is 1.28. The average molecular weight is 425 g/mol. The van der Waals surface area contributed by atoms with Crippen LogP contribution in [-0.2, 0) is 23.2 Å². The number of aromatic nitrogens is 2. The first-order valence-electron chi connectivity index (χ1n) is 11.3. The fourth-order valence-electron chi connectivity index (χ4n) is 3.46. The second kappa shape index (κ2) is 8.81. The molecule has 2 saturated carbocycles. The first-order valence-corrected chi connectivity index (χ1v) is 11.3. The van der Waals surface area contributed by atoms with Gasteiger partial charge in [0, 0.05) is 42.4 Å². The van der Waals surface area contributed by atoms with Crippen molar-refractivity contribution in [2.45, 2.75) is 89.8 Å². The van der Waals surface area contributed by atoms with Crippen molar-refractivity contribution in [1.82, 2.24) is 20.4 Å². The van der Waals surface area contributed by atoms with Crippen LogP contribution in [0.15, 0.2) is 28.8 Å². The first kappa shape index (κ1) is 21.5. The first-order chi connectivity index (χ1) is 14.8. The summed E-state index contributed by atoms with van der Waals surface area (Å²) in [5.74, 6) is 1.44. The number of hydrogen-bond acceptors (Lipinski definition) is 5. The molecule has 0 spiro atoms. The van der Waals surface area contributed by atoms with Gasteiger partial charge in [-0.2, -0.15) is 4.98 Å². The Bertz CT molecular complexity index is 921. The van der Waals surface area contributed by atoms with E-state index in [0.717, 1.165) is 31.2 Å². The molecule has 1 aromatic carbocycles. The Morgan fingerprint density at radius 1 is 1.13 bits per heavy atom. The molecule has 7 heteroatoms. The zero-order valence-corrected chi connectivity index (χ0v) is 18.7. The summed E-state index contributed by atoms with van der Waals surface area (Å²) in [4.78, 5) is 31.5. The molecule has 4 rings (SSSR count). The van der Waals surface area contributed by atoms with E-state index in [1.165, 1.54) is 0 Å². The highest BCUT2D eigenvalue weighted by atomic mass is 16.5. The number of carbonyl (C=O) groups excluding carboxylic acids is 2. The van der Waals surface area contributed by atoms with Gasteiger partial charge in [-0.25, -0.2) is 0 Å². The van der Waals surface area contributed by atoms with Crippen molar-refractivity contribution in [2.75, 3.05) is 0 Å². The van der Waals surface area contributed by atoms with Crippen molar-refractivity contribution in [3.63, 3.8) is 0 Å². The van der Waals surface area contributed by atoms with E-state index in [-0.39, 0.29) is 17.2 Å². The van der Waals surface area contributed by atoms with Gasteiger partial charge in [-0.3, -0.25) is 9.59 Å². The highest BCUT2D eigenvalue weighted by Crippen LogP contribution is 2.29. The lowest BCUT2D eigenvalue weighted by atomic mass is 9.96. The second-order valence-corrected chi connectivity index (χ2v) is 9.81. The van der Waals surface area contributed by atoms with Crippen LogP contribution in [0.5, 0.6) is 0 Å². The van der Waals surface area contributed by atoms with Crippen LogP contribution in [0.2, 0.25) is 0 Å². The molecule has 1 heterocycles. The van der Waals surface area contributed by atoms with Gasteiger partial charge in [0.2, 0.25) is 11.8 Å². The van der Waals surface area contributed by atoms with E-state index in [4.69, 9.17) is 4.52 Å². The summed E-state index contributed by atoms with van der Waals surface area (Å²) in [7, 11) is 0. The van der Waals surface area contributed by atoms with Crippen molar-refractivity contribution in [1.29, 1.82) is 0 Å².